The number of nitrogens with zero attached hydrogens (tertiary/aromatic N) is 2. The Morgan fingerprint density at radius 1 is 1.42 bits per heavy atom. The second kappa shape index (κ2) is 8.05. The van der Waals surface area contributed by atoms with E-state index in [1.54, 1.807) is 13.0 Å². The Labute approximate surface area is 149 Å². The number of aromatic nitrogens is 2. The molecule has 0 spiro atoms. The van der Waals surface area contributed by atoms with Crippen LogP contribution in [0.1, 0.15) is 24.8 Å². The molecule has 1 aromatic carbocycles. The Bertz CT molecular complexity index is 807. The van der Waals surface area contributed by atoms with Crippen molar-refractivity contribution in [2.45, 2.75) is 32.2 Å². The first-order valence-electron chi connectivity index (χ1n) is 7.87. The lowest BCUT2D eigenvalue weighted by molar-refractivity contribution is -0.149. The molecule has 0 radical (unpaired) electrons. The molecule has 0 bridgehead atoms. The van der Waals surface area contributed by atoms with Gasteiger partial charge in [0.2, 0.25) is 17.6 Å². The lowest BCUT2D eigenvalue weighted by atomic mass is 10.0. The molecule has 0 aliphatic heterocycles. The number of carbonyl (C=O) groups is 2. The molecule has 1 aromatic heterocycles. The normalized spacial score (nSPS) is 13.2. The van der Waals surface area contributed by atoms with Crippen LogP contribution in [0.5, 0.6) is 0 Å². The molecule has 2 rings (SSSR count). The number of nitrogens with one attached hydrogen (secondary N) is 1. The summed E-state index contributed by atoms with van der Waals surface area (Å²) in [5.74, 6) is -1.49. The van der Waals surface area contributed by atoms with E-state index in [0.717, 1.165) is 0 Å². The van der Waals surface area contributed by atoms with Crippen molar-refractivity contribution in [1.29, 1.82) is 0 Å². The molecule has 140 valence electrons. The van der Waals surface area contributed by atoms with Crippen molar-refractivity contribution in [3.8, 4) is 11.4 Å². The Kier molecular flexibility index (Phi) is 6.04. The Balaban J connectivity index is 1.98. The van der Waals surface area contributed by atoms with Crippen molar-refractivity contribution in [2.24, 2.45) is 0 Å². The number of carboxylic acids is 1. The molecule has 1 unspecified atom stereocenters. The standard InChI is InChI=1S/C17H20FN3O5/c1-10-8-11(4-5-12(10)18)15-19-14(26-21-15)7-6-13(22)20-17(2,9-25-3)16(23)24/h4-5,8H,6-7,9H2,1-3H3,(H,20,22)(H,23,24). The molecule has 0 aliphatic carbocycles. The number of halogens is 1. The van der Waals surface area contributed by atoms with E-state index in [2.05, 4.69) is 15.5 Å². The van der Waals surface area contributed by atoms with Gasteiger partial charge in [-0.3, -0.25) is 4.79 Å². The van der Waals surface area contributed by atoms with Gasteiger partial charge in [-0.1, -0.05) is 5.16 Å². The molecule has 0 fully saturated rings. The van der Waals surface area contributed by atoms with Gasteiger partial charge in [0.05, 0.1) is 6.61 Å². The molecule has 1 amide bonds. The van der Waals surface area contributed by atoms with Crippen molar-refractivity contribution in [3.05, 3.63) is 35.5 Å². The number of carbonyl (C=O) groups excluding carboxylic acids is 1. The minimum absolute atomic E-state index is 0.0311. The van der Waals surface area contributed by atoms with E-state index in [9.17, 15) is 19.1 Å². The molecule has 26 heavy (non-hydrogen) atoms. The van der Waals surface area contributed by atoms with Crippen molar-refractivity contribution in [1.82, 2.24) is 15.5 Å². The number of carboxylic acid groups (broad SMARTS) is 1. The van der Waals surface area contributed by atoms with Crippen LogP contribution in [0.3, 0.4) is 0 Å². The summed E-state index contributed by atoms with van der Waals surface area (Å²) in [6.45, 7) is 2.82. The zero-order chi connectivity index (χ0) is 19.3. The Morgan fingerprint density at radius 2 is 2.15 bits per heavy atom. The van der Waals surface area contributed by atoms with Crippen molar-refractivity contribution in [3.63, 3.8) is 0 Å². The van der Waals surface area contributed by atoms with E-state index < -0.39 is 17.4 Å². The zero-order valence-corrected chi connectivity index (χ0v) is 14.7. The highest BCUT2D eigenvalue weighted by Crippen LogP contribution is 2.19. The minimum atomic E-state index is -1.52. The molecule has 9 heteroatoms. The van der Waals surface area contributed by atoms with Crippen molar-refractivity contribution in [2.75, 3.05) is 13.7 Å². The van der Waals surface area contributed by atoms with E-state index in [-0.39, 0.29) is 31.2 Å². The first-order chi connectivity index (χ1) is 12.2. The lowest BCUT2D eigenvalue weighted by Crippen LogP contribution is -2.55. The van der Waals surface area contributed by atoms with Crippen LogP contribution in [-0.4, -0.2) is 46.4 Å². The average Bonchev–Trinajstić information content (AvgIpc) is 3.04. The summed E-state index contributed by atoms with van der Waals surface area (Å²) in [4.78, 5) is 27.4. The van der Waals surface area contributed by atoms with Gasteiger partial charge in [-0.25, -0.2) is 9.18 Å². The average molecular weight is 365 g/mol. The molecular formula is C17H20FN3O5. The first-order valence-corrected chi connectivity index (χ1v) is 7.87. The van der Waals surface area contributed by atoms with E-state index in [0.29, 0.717) is 17.0 Å². The molecular weight excluding hydrogens is 345 g/mol. The number of hydrogen-bond donors (Lipinski definition) is 2. The summed E-state index contributed by atoms with van der Waals surface area (Å²) >= 11 is 0. The molecule has 2 aromatic rings. The summed E-state index contributed by atoms with van der Waals surface area (Å²) in [7, 11) is 1.35. The van der Waals surface area contributed by atoms with Crippen LogP contribution < -0.4 is 5.32 Å². The maximum Gasteiger partial charge on any atom is 0.331 e. The van der Waals surface area contributed by atoms with Crippen LogP contribution in [0.25, 0.3) is 11.4 Å². The van der Waals surface area contributed by atoms with Crippen LogP contribution in [0.15, 0.2) is 22.7 Å². The van der Waals surface area contributed by atoms with Crippen LogP contribution in [0.4, 0.5) is 4.39 Å². The number of aryl methyl sites for hydroxylation is 2. The predicted molar refractivity (Wildman–Crippen MR) is 88.8 cm³/mol. The quantitative estimate of drug-likeness (QED) is 0.732. The summed E-state index contributed by atoms with van der Waals surface area (Å²) in [6.07, 6.45) is 0.109. The van der Waals surface area contributed by atoms with Gasteiger partial charge in [0.15, 0.2) is 5.54 Å². The molecule has 0 saturated heterocycles. The SMILES string of the molecule is COCC(C)(NC(=O)CCc1nc(-c2ccc(F)c(C)c2)no1)C(=O)O. The van der Waals surface area contributed by atoms with Crippen LogP contribution in [-0.2, 0) is 20.7 Å². The third-order valence-electron chi connectivity index (χ3n) is 3.77. The van der Waals surface area contributed by atoms with Gasteiger partial charge in [-0.2, -0.15) is 4.98 Å². The van der Waals surface area contributed by atoms with E-state index in [1.165, 1.54) is 26.2 Å². The van der Waals surface area contributed by atoms with Gasteiger partial charge >= 0.3 is 5.97 Å². The number of amides is 1. The number of rotatable bonds is 8. The number of methoxy groups -OCH3 is 1. The Hall–Kier alpha value is -2.81. The van der Waals surface area contributed by atoms with E-state index in [4.69, 9.17) is 9.26 Å². The second-order valence-electron chi connectivity index (χ2n) is 6.09. The summed E-state index contributed by atoms with van der Waals surface area (Å²) in [5.41, 5.74) is -0.460. The van der Waals surface area contributed by atoms with Crippen LogP contribution in [0, 0.1) is 12.7 Å². The van der Waals surface area contributed by atoms with Crippen molar-refractivity contribution >= 4 is 11.9 Å². The fourth-order valence-electron chi connectivity index (χ4n) is 2.29. The minimum Gasteiger partial charge on any atom is -0.479 e. The largest absolute Gasteiger partial charge is 0.479 e. The van der Waals surface area contributed by atoms with E-state index in [1.807, 2.05) is 0 Å². The van der Waals surface area contributed by atoms with Gasteiger partial charge in [-0.15, -0.1) is 0 Å². The van der Waals surface area contributed by atoms with Gasteiger partial charge < -0.3 is 19.7 Å². The number of hydrogen-bond acceptors (Lipinski definition) is 6. The zero-order valence-electron chi connectivity index (χ0n) is 14.7. The predicted octanol–water partition coefficient (Wildman–Crippen LogP) is 1.72. The Morgan fingerprint density at radius 3 is 2.77 bits per heavy atom. The summed E-state index contributed by atoms with van der Waals surface area (Å²) < 4.78 is 23.2. The molecule has 8 nitrogen and oxygen atoms in total. The fraction of sp³-hybridized carbons (Fsp3) is 0.412. The highest BCUT2D eigenvalue weighted by molar-refractivity contribution is 5.86. The summed E-state index contributed by atoms with van der Waals surface area (Å²) in [6, 6.07) is 4.45. The van der Waals surface area contributed by atoms with Gasteiger partial charge in [-0.05, 0) is 37.6 Å². The monoisotopic (exact) mass is 365 g/mol. The summed E-state index contributed by atoms with van der Waals surface area (Å²) in [5, 5.41) is 15.4. The molecule has 2 N–H and O–H groups in total. The van der Waals surface area contributed by atoms with Gasteiger partial charge in [0, 0.05) is 25.5 Å². The van der Waals surface area contributed by atoms with E-state index >= 15 is 0 Å². The first kappa shape index (κ1) is 19.5. The number of benzene rings is 1. The number of aliphatic carboxylic acids is 1. The van der Waals surface area contributed by atoms with Gasteiger partial charge in [0.25, 0.3) is 0 Å². The maximum absolute atomic E-state index is 13.3. The highest BCUT2D eigenvalue weighted by Gasteiger charge is 2.34. The molecule has 0 aliphatic rings. The molecule has 1 heterocycles. The third-order valence-corrected chi connectivity index (χ3v) is 3.77. The molecule has 0 saturated carbocycles. The number of ether oxygens (including phenoxy) is 1. The van der Waals surface area contributed by atoms with Crippen molar-refractivity contribution < 1.29 is 28.3 Å². The van der Waals surface area contributed by atoms with Crippen LogP contribution in [0.2, 0.25) is 0 Å². The van der Waals surface area contributed by atoms with Crippen LogP contribution >= 0.6 is 0 Å². The second-order valence-corrected chi connectivity index (χ2v) is 6.09. The third kappa shape index (κ3) is 4.63. The smallest absolute Gasteiger partial charge is 0.331 e. The highest BCUT2D eigenvalue weighted by atomic mass is 19.1. The van der Waals surface area contributed by atoms with Gasteiger partial charge in [0.1, 0.15) is 5.82 Å². The fourth-order valence-corrected chi connectivity index (χ4v) is 2.29. The lowest BCUT2D eigenvalue weighted by Gasteiger charge is -2.25. The molecule has 1 atom stereocenters. The topological polar surface area (TPSA) is 115 Å². The maximum atomic E-state index is 13.3.